The van der Waals surface area contributed by atoms with Crippen LogP contribution in [0.1, 0.15) is 17.5 Å². The first-order valence-corrected chi connectivity index (χ1v) is 10.3. The van der Waals surface area contributed by atoms with Gasteiger partial charge < -0.3 is 15.5 Å². The van der Waals surface area contributed by atoms with Crippen molar-refractivity contribution in [2.24, 2.45) is 0 Å². The van der Waals surface area contributed by atoms with Gasteiger partial charge >= 0.3 is 0 Å². The zero-order chi connectivity index (χ0) is 19.5. The van der Waals surface area contributed by atoms with E-state index in [4.69, 9.17) is 0 Å². The van der Waals surface area contributed by atoms with Gasteiger partial charge in [-0.3, -0.25) is 9.59 Å². The van der Waals surface area contributed by atoms with Crippen molar-refractivity contribution >= 4 is 39.1 Å². The fourth-order valence-electron chi connectivity index (χ4n) is 3.40. The quantitative estimate of drug-likeness (QED) is 0.608. The van der Waals surface area contributed by atoms with Crippen LogP contribution in [-0.4, -0.2) is 42.5 Å². The predicted molar refractivity (Wildman–Crippen MR) is 111 cm³/mol. The number of carbonyl (C=O) groups excluding carboxylic acids is 2. The lowest BCUT2D eigenvalue weighted by Gasteiger charge is -2.28. The number of amides is 2. The Morgan fingerprint density at radius 2 is 2.04 bits per heavy atom. The molecule has 0 radical (unpaired) electrons. The maximum Gasteiger partial charge on any atom is 0.282 e. The van der Waals surface area contributed by atoms with Crippen molar-refractivity contribution in [2.45, 2.75) is 19.4 Å². The Morgan fingerprint density at radius 3 is 2.79 bits per heavy atom. The summed E-state index contributed by atoms with van der Waals surface area (Å²) in [4.78, 5) is 29.7. The van der Waals surface area contributed by atoms with Crippen LogP contribution in [-0.2, 0) is 16.0 Å². The highest BCUT2D eigenvalue weighted by atomic mass is 32.1. The van der Waals surface area contributed by atoms with Crippen LogP contribution in [0.15, 0.2) is 48.5 Å². The normalized spacial score (nSPS) is 17.9. The summed E-state index contributed by atoms with van der Waals surface area (Å²) in [6.45, 7) is 3.59. The second kappa shape index (κ2) is 8.08. The van der Waals surface area contributed by atoms with Crippen LogP contribution in [0.5, 0.6) is 0 Å². The number of nitrogens with one attached hydrogen (secondary N) is 3. The third-order valence-electron chi connectivity index (χ3n) is 5.08. The molecule has 144 valence electrons. The third-order valence-corrected chi connectivity index (χ3v) is 6.11. The summed E-state index contributed by atoms with van der Waals surface area (Å²) in [7, 11) is 0. The molecule has 1 aliphatic heterocycles. The largest absolute Gasteiger partial charge is 0.346 e. The third kappa shape index (κ3) is 4.21. The van der Waals surface area contributed by atoms with E-state index in [1.165, 1.54) is 4.70 Å². The SMILES string of the molecule is C[C@@H](C(=O)Nc1ccc(Cc2nc3ccccc3s2)cc1)[NH+]1CCNC(=O)C1. The van der Waals surface area contributed by atoms with Gasteiger partial charge in [0.05, 0.1) is 28.3 Å². The fourth-order valence-corrected chi connectivity index (χ4v) is 4.40. The molecule has 0 spiro atoms. The van der Waals surface area contributed by atoms with Crippen LogP contribution in [0.3, 0.4) is 0 Å². The molecule has 0 bridgehead atoms. The molecule has 2 aromatic carbocycles. The van der Waals surface area contributed by atoms with Gasteiger partial charge in [-0.25, -0.2) is 4.98 Å². The van der Waals surface area contributed by atoms with Crippen LogP contribution < -0.4 is 15.5 Å². The van der Waals surface area contributed by atoms with E-state index < -0.39 is 0 Å². The summed E-state index contributed by atoms with van der Waals surface area (Å²) in [6, 6.07) is 15.8. The molecular formula is C21H23N4O2S+. The first-order valence-electron chi connectivity index (χ1n) is 9.44. The average Bonchev–Trinajstić information content (AvgIpc) is 3.11. The van der Waals surface area contributed by atoms with Gasteiger partial charge in [-0.05, 0) is 36.8 Å². The Bertz CT molecular complexity index is 966. The lowest BCUT2D eigenvalue weighted by molar-refractivity contribution is -0.907. The van der Waals surface area contributed by atoms with Crippen molar-refractivity contribution in [3.05, 3.63) is 59.1 Å². The van der Waals surface area contributed by atoms with Crippen molar-refractivity contribution in [3.8, 4) is 0 Å². The number of hydrogen-bond donors (Lipinski definition) is 3. The van der Waals surface area contributed by atoms with E-state index in [1.54, 1.807) is 11.3 Å². The Balaban J connectivity index is 1.37. The number of aromatic nitrogens is 1. The summed E-state index contributed by atoms with van der Waals surface area (Å²) >= 11 is 1.71. The van der Waals surface area contributed by atoms with Crippen molar-refractivity contribution in [1.29, 1.82) is 0 Å². The number of rotatable bonds is 5. The van der Waals surface area contributed by atoms with Crippen LogP contribution in [0.2, 0.25) is 0 Å². The number of benzene rings is 2. The molecule has 2 heterocycles. The molecular weight excluding hydrogens is 372 g/mol. The monoisotopic (exact) mass is 395 g/mol. The molecule has 1 saturated heterocycles. The molecule has 28 heavy (non-hydrogen) atoms. The lowest BCUT2D eigenvalue weighted by atomic mass is 10.1. The maximum atomic E-state index is 12.5. The highest BCUT2D eigenvalue weighted by Gasteiger charge is 2.29. The standard InChI is InChI=1S/C21H22N4O2S/c1-14(25-11-10-22-19(26)13-25)21(27)23-16-8-6-15(7-9-16)12-20-24-17-4-2-3-5-18(17)28-20/h2-9,14H,10-13H2,1H3,(H,22,26)(H,23,27)/p+1/t14-/m0/s1. The number of hydrogen-bond acceptors (Lipinski definition) is 4. The van der Waals surface area contributed by atoms with Gasteiger partial charge in [-0.2, -0.15) is 0 Å². The average molecular weight is 396 g/mol. The minimum Gasteiger partial charge on any atom is -0.346 e. The Morgan fingerprint density at radius 1 is 1.25 bits per heavy atom. The molecule has 1 fully saturated rings. The number of carbonyl (C=O) groups is 2. The van der Waals surface area contributed by atoms with Crippen LogP contribution in [0.4, 0.5) is 5.69 Å². The number of nitrogens with zero attached hydrogens (tertiary/aromatic N) is 1. The topological polar surface area (TPSA) is 75.5 Å². The molecule has 0 aliphatic carbocycles. The fraction of sp³-hybridized carbons (Fsp3) is 0.286. The highest BCUT2D eigenvalue weighted by Crippen LogP contribution is 2.24. The molecule has 2 amide bonds. The molecule has 0 saturated carbocycles. The van der Waals surface area contributed by atoms with E-state index in [1.807, 2.05) is 49.4 Å². The molecule has 3 N–H and O–H groups in total. The van der Waals surface area contributed by atoms with Crippen molar-refractivity contribution < 1.29 is 14.5 Å². The van der Waals surface area contributed by atoms with Gasteiger partial charge in [0.2, 0.25) is 0 Å². The van der Waals surface area contributed by atoms with E-state index in [9.17, 15) is 9.59 Å². The van der Waals surface area contributed by atoms with Gasteiger partial charge in [-0.15, -0.1) is 11.3 Å². The Hall–Kier alpha value is -2.77. The summed E-state index contributed by atoms with van der Waals surface area (Å²) < 4.78 is 1.20. The van der Waals surface area contributed by atoms with Gasteiger partial charge in [0.15, 0.2) is 12.6 Å². The van der Waals surface area contributed by atoms with Gasteiger partial charge in [0.1, 0.15) is 0 Å². The van der Waals surface area contributed by atoms with Gasteiger partial charge in [-0.1, -0.05) is 24.3 Å². The van der Waals surface area contributed by atoms with Crippen molar-refractivity contribution in [1.82, 2.24) is 10.3 Å². The van der Waals surface area contributed by atoms with Crippen molar-refractivity contribution in [3.63, 3.8) is 0 Å². The first kappa shape index (κ1) is 18.6. The van der Waals surface area contributed by atoms with Gasteiger partial charge in [0, 0.05) is 12.1 Å². The summed E-state index contributed by atoms with van der Waals surface area (Å²) in [5, 5.41) is 6.84. The lowest BCUT2D eigenvalue weighted by Crippen LogP contribution is -3.19. The van der Waals surface area contributed by atoms with Crippen LogP contribution in [0, 0.1) is 0 Å². The van der Waals surface area contributed by atoms with E-state index in [0.717, 1.165) is 39.6 Å². The summed E-state index contributed by atoms with van der Waals surface area (Å²) in [6.07, 6.45) is 0.775. The highest BCUT2D eigenvalue weighted by molar-refractivity contribution is 7.18. The zero-order valence-corrected chi connectivity index (χ0v) is 16.5. The number of fused-ring (bicyclic) bond motifs is 1. The number of thiazole rings is 1. The molecule has 1 unspecified atom stereocenters. The predicted octanol–water partition coefficient (Wildman–Crippen LogP) is 1.23. The summed E-state index contributed by atoms with van der Waals surface area (Å²) in [5.74, 6) is -0.0660. The van der Waals surface area contributed by atoms with E-state index in [-0.39, 0.29) is 17.9 Å². The second-order valence-electron chi connectivity index (χ2n) is 7.09. The zero-order valence-electron chi connectivity index (χ0n) is 15.7. The van der Waals surface area contributed by atoms with E-state index >= 15 is 0 Å². The number of para-hydroxylation sites is 1. The Kier molecular flexibility index (Phi) is 5.36. The molecule has 6 nitrogen and oxygen atoms in total. The summed E-state index contributed by atoms with van der Waals surface area (Å²) in [5.41, 5.74) is 2.96. The Labute approximate surface area is 167 Å². The molecule has 3 aromatic rings. The minimum atomic E-state index is -0.270. The van der Waals surface area contributed by atoms with E-state index in [2.05, 4.69) is 21.7 Å². The molecule has 1 aliphatic rings. The second-order valence-corrected chi connectivity index (χ2v) is 8.21. The molecule has 4 rings (SSSR count). The van der Waals surface area contributed by atoms with Gasteiger partial charge in [0.25, 0.3) is 11.8 Å². The van der Waals surface area contributed by atoms with Crippen LogP contribution >= 0.6 is 11.3 Å². The number of quaternary nitrogens is 1. The molecule has 7 heteroatoms. The smallest absolute Gasteiger partial charge is 0.282 e. The first-order chi connectivity index (χ1) is 13.6. The number of piperazine rings is 1. The number of anilines is 1. The van der Waals surface area contributed by atoms with Crippen LogP contribution in [0.25, 0.3) is 10.2 Å². The van der Waals surface area contributed by atoms with Crippen molar-refractivity contribution in [2.75, 3.05) is 25.0 Å². The molecule has 1 aromatic heterocycles. The minimum absolute atomic E-state index is 0.0000930. The maximum absolute atomic E-state index is 12.5. The molecule has 2 atom stereocenters. The van der Waals surface area contributed by atoms with E-state index in [0.29, 0.717) is 13.1 Å².